The number of ketones is 1. The fraction of sp³-hybridized carbons (Fsp3) is 0.308. The molecule has 0 spiro atoms. The van der Waals surface area contributed by atoms with Crippen LogP contribution in [0.3, 0.4) is 0 Å². The zero-order valence-electron chi connectivity index (χ0n) is 19.6. The Morgan fingerprint density at radius 3 is 2.48 bits per heavy atom. The Kier molecular flexibility index (Phi) is 7.55. The first kappa shape index (κ1) is 24.1. The molecule has 0 aromatic heterocycles. The standard InChI is InChI=1S/C26H29NO6/c1-26(2)13-12-20-21(30-4)11-8-18(25(20)33-26)15-19(28)9-6-17-7-10-22(31-5)23(14-17)32-24(29)16-27-3/h6-14,27H,15-16H2,1-5H3. The molecule has 0 bridgehead atoms. The molecule has 3 rings (SSSR count). The van der Waals surface area contributed by atoms with Crippen LogP contribution in [0.25, 0.3) is 12.2 Å². The molecule has 1 N–H and O–H groups in total. The van der Waals surface area contributed by atoms with Crippen LogP contribution in [0.2, 0.25) is 0 Å². The minimum Gasteiger partial charge on any atom is -0.496 e. The van der Waals surface area contributed by atoms with E-state index in [4.69, 9.17) is 18.9 Å². The number of esters is 1. The van der Waals surface area contributed by atoms with Gasteiger partial charge in [-0.2, -0.15) is 0 Å². The average Bonchev–Trinajstić information content (AvgIpc) is 2.78. The van der Waals surface area contributed by atoms with E-state index in [1.165, 1.54) is 13.2 Å². The number of rotatable bonds is 9. The summed E-state index contributed by atoms with van der Waals surface area (Å²) in [6.07, 6.45) is 7.29. The number of ether oxygens (including phenoxy) is 4. The zero-order valence-corrected chi connectivity index (χ0v) is 19.6. The number of nitrogens with one attached hydrogen (secondary N) is 1. The molecule has 0 radical (unpaired) electrons. The third kappa shape index (κ3) is 6.02. The van der Waals surface area contributed by atoms with E-state index < -0.39 is 11.6 Å². The van der Waals surface area contributed by atoms with Gasteiger partial charge in [-0.05, 0) is 62.9 Å². The van der Waals surface area contributed by atoms with Gasteiger partial charge in [0.25, 0.3) is 0 Å². The number of hydrogen-bond acceptors (Lipinski definition) is 7. The lowest BCUT2D eigenvalue weighted by molar-refractivity contribution is -0.133. The molecule has 0 unspecified atom stereocenters. The van der Waals surface area contributed by atoms with Crippen molar-refractivity contribution in [3.05, 3.63) is 59.2 Å². The largest absolute Gasteiger partial charge is 0.496 e. The van der Waals surface area contributed by atoms with Crippen molar-refractivity contribution in [1.29, 1.82) is 0 Å². The maximum absolute atomic E-state index is 12.7. The molecule has 1 heterocycles. The molecule has 2 aromatic carbocycles. The highest BCUT2D eigenvalue weighted by Crippen LogP contribution is 2.40. The SMILES string of the molecule is CNCC(=O)Oc1cc(C=CC(=O)Cc2ccc(OC)c3c2OC(C)(C)C=C3)ccc1OC. The van der Waals surface area contributed by atoms with E-state index in [-0.39, 0.29) is 18.7 Å². The van der Waals surface area contributed by atoms with Crippen LogP contribution in [-0.2, 0) is 16.0 Å². The van der Waals surface area contributed by atoms with E-state index >= 15 is 0 Å². The molecule has 2 aromatic rings. The van der Waals surface area contributed by atoms with Crippen LogP contribution < -0.4 is 24.3 Å². The normalized spacial score (nSPS) is 13.8. The molecule has 174 valence electrons. The summed E-state index contributed by atoms with van der Waals surface area (Å²) in [4.78, 5) is 24.6. The van der Waals surface area contributed by atoms with Crippen molar-refractivity contribution in [3.63, 3.8) is 0 Å². The molecule has 7 heteroatoms. The minimum absolute atomic E-state index is 0.0714. The summed E-state index contributed by atoms with van der Waals surface area (Å²) in [5.41, 5.74) is 1.84. The number of carbonyl (C=O) groups is 2. The van der Waals surface area contributed by atoms with E-state index in [9.17, 15) is 9.59 Å². The average molecular weight is 452 g/mol. The highest BCUT2D eigenvalue weighted by atomic mass is 16.6. The van der Waals surface area contributed by atoms with Gasteiger partial charge in [-0.3, -0.25) is 9.59 Å². The van der Waals surface area contributed by atoms with E-state index in [1.54, 1.807) is 38.4 Å². The third-order valence-electron chi connectivity index (χ3n) is 5.03. The summed E-state index contributed by atoms with van der Waals surface area (Å²) in [6.45, 7) is 3.99. The molecule has 33 heavy (non-hydrogen) atoms. The first-order valence-corrected chi connectivity index (χ1v) is 10.6. The van der Waals surface area contributed by atoms with E-state index in [0.717, 1.165) is 11.1 Å². The number of hydrogen-bond donors (Lipinski definition) is 1. The fourth-order valence-electron chi connectivity index (χ4n) is 3.42. The second-order valence-corrected chi connectivity index (χ2v) is 8.10. The van der Waals surface area contributed by atoms with Gasteiger partial charge in [0.2, 0.25) is 0 Å². The summed E-state index contributed by atoms with van der Waals surface area (Å²) in [5.74, 6) is 1.55. The first-order valence-electron chi connectivity index (χ1n) is 10.6. The topological polar surface area (TPSA) is 83.1 Å². The van der Waals surface area contributed by atoms with Gasteiger partial charge in [0.15, 0.2) is 17.3 Å². The molecule has 1 aliphatic heterocycles. The summed E-state index contributed by atoms with van der Waals surface area (Å²) in [6, 6.07) is 8.82. The second kappa shape index (κ2) is 10.4. The first-order chi connectivity index (χ1) is 15.8. The van der Waals surface area contributed by atoms with Gasteiger partial charge in [0.1, 0.15) is 17.1 Å². The smallest absolute Gasteiger partial charge is 0.325 e. The van der Waals surface area contributed by atoms with Crippen molar-refractivity contribution >= 4 is 23.9 Å². The second-order valence-electron chi connectivity index (χ2n) is 8.10. The van der Waals surface area contributed by atoms with E-state index in [1.807, 2.05) is 38.1 Å². The molecular weight excluding hydrogens is 422 g/mol. The lowest BCUT2D eigenvalue weighted by Gasteiger charge is -2.30. The van der Waals surface area contributed by atoms with Gasteiger partial charge in [0, 0.05) is 12.0 Å². The summed E-state index contributed by atoms with van der Waals surface area (Å²) >= 11 is 0. The van der Waals surface area contributed by atoms with Crippen molar-refractivity contribution in [2.75, 3.05) is 27.8 Å². The monoisotopic (exact) mass is 451 g/mol. The van der Waals surface area contributed by atoms with Crippen molar-refractivity contribution < 1.29 is 28.5 Å². The number of allylic oxidation sites excluding steroid dienone is 1. The molecular formula is C26H29NO6. The maximum Gasteiger partial charge on any atom is 0.325 e. The third-order valence-corrected chi connectivity index (χ3v) is 5.03. The number of methoxy groups -OCH3 is 2. The molecule has 0 amide bonds. The fourth-order valence-corrected chi connectivity index (χ4v) is 3.42. The van der Waals surface area contributed by atoms with Crippen molar-refractivity contribution in [1.82, 2.24) is 5.32 Å². The molecule has 1 aliphatic rings. The van der Waals surface area contributed by atoms with Gasteiger partial charge in [-0.25, -0.2) is 0 Å². The van der Waals surface area contributed by atoms with Crippen molar-refractivity contribution in [3.8, 4) is 23.0 Å². The van der Waals surface area contributed by atoms with Crippen LogP contribution >= 0.6 is 0 Å². The van der Waals surface area contributed by atoms with Crippen molar-refractivity contribution in [2.45, 2.75) is 25.9 Å². The predicted molar refractivity (Wildman–Crippen MR) is 127 cm³/mol. The Hall–Kier alpha value is -3.58. The van der Waals surface area contributed by atoms with Gasteiger partial charge in [0.05, 0.1) is 26.3 Å². The van der Waals surface area contributed by atoms with Gasteiger partial charge in [-0.1, -0.05) is 18.2 Å². The number of likely N-dealkylation sites (N-methyl/N-ethyl adjacent to an activating group) is 1. The highest BCUT2D eigenvalue weighted by Gasteiger charge is 2.26. The van der Waals surface area contributed by atoms with Crippen LogP contribution in [0.1, 0.15) is 30.5 Å². The Morgan fingerprint density at radius 1 is 1.06 bits per heavy atom. The molecule has 0 saturated carbocycles. The summed E-state index contributed by atoms with van der Waals surface area (Å²) in [5, 5.41) is 2.74. The van der Waals surface area contributed by atoms with Crippen molar-refractivity contribution in [2.24, 2.45) is 0 Å². The Labute approximate surface area is 194 Å². The molecule has 0 saturated heterocycles. The van der Waals surface area contributed by atoms with Crippen LogP contribution in [0.15, 0.2) is 42.5 Å². The number of fused-ring (bicyclic) bond motifs is 1. The van der Waals surface area contributed by atoms with E-state index in [0.29, 0.717) is 28.6 Å². The van der Waals surface area contributed by atoms with Gasteiger partial charge >= 0.3 is 5.97 Å². The molecule has 0 atom stereocenters. The Balaban J connectivity index is 1.79. The van der Waals surface area contributed by atoms with Crippen LogP contribution in [0.5, 0.6) is 23.0 Å². The highest BCUT2D eigenvalue weighted by molar-refractivity contribution is 5.95. The van der Waals surface area contributed by atoms with Gasteiger partial charge < -0.3 is 24.3 Å². The Bertz CT molecular complexity index is 1100. The van der Waals surface area contributed by atoms with Crippen LogP contribution in [-0.4, -0.2) is 45.2 Å². The summed E-state index contributed by atoms with van der Waals surface area (Å²) < 4.78 is 22.2. The number of carbonyl (C=O) groups excluding carboxylic acids is 2. The number of benzene rings is 2. The lowest BCUT2D eigenvalue weighted by Crippen LogP contribution is -2.28. The quantitative estimate of drug-likeness (QED) is 0.352. The van der Waals surface area contributed by atoms with E-state index in [2.05, 4.69) is 5.32 Å². The minimum atomic E-state index is -0.475. The van der Waals surface area contributed by atoms with Crippen LogP contribution in [0.4, 0.5) is 0 Å². The predicted octanol–water partition coefficient (Wildman–Crippen LogP) is 3.84. The molecule has 0 fully saturated rings. The Morgan fingerprint density at radius 2 is 1.79 bits per heavy atom. The zero-order chi connectivity index (χ0) is 24.0. The maximum atomic E-state index is 12.7. The summed E-state index contributed by atoms with van der Waals surface area (Å²) in [7, 11) is 4.76. The lowest BCUT2D eigenvalue weighted by atomic mass is 9.96. The van der Waals surface area contributed by atoms with Crippen LogP contribution in [0, 0.1) is 0 Å². The van der Waals surface area contributed by atoms with Gasteiger partial charge in [-0.15, -0.1) is 0 Å². The molecule has 7 nitrogen and oxygen atoms in total. The molecule has 0 aliphatic carbocycles.